The molecule has 5 nitrogen and oxygen atoms in total. The molecule has 0 saturated heterocycles. The van der Waals surface area contributed by atoms with Gasteiger partial charge in [-0.3, -0.25) is 14.5 Å². The van der Waals surface area contributed by atoms with E-state index < -0.39 is 5.91 Å². The molecule has 110 valence electrons. The fraction of sp³-hybridized carbons (Fsp3) is 0.467. The molecule has 20 heavy (non-hydrogen) atoms. The summed E-state index contributed by atoms with van der Waals surface area (Å²) in [6.07, 6.45) is 0.796. The number of rotatable bonds is 7. The molecule has 0 heterocycles. The average Bonchev–Trinajstić information content (AvgIpc) is 2.39. The number of nitrogens with zero attached hydrogens (tertiary/aromatic N) is 1. The van der Waals surface area contributed by atoms with Gasteiger partial charge in [-0.25, -0.2) is 0 Å². The first-order chi connectivity index (χ1) is 9.41. The molecule has 1 aromatic rings. The number of carbonyl (C=O) groups is 2. The highest BCUT2D eigenvalue weighted by atomic mass is 16.2. The predicted molar refractivity (Wildman–Crippen MR) is 79.2 cm³/mol. The summed E-state index contributed by atoms with van der Waals surface area (Å²) in [6, 6.07) is 7.73. The lowest BCUT2D eigenvalue weighted by atomic mass is 10.1. The zero-order valence-electron chi connectivity index (χ0n) is 12.3. The summed E-state index contributed by atoms with van der Waals surface area (Å²) in [5.74, 6) is -0.533. The summed E-state index contributed by atoms with van der Waals surface area (Å²) >= 11 is 0. The zero-order valence-corrected chi connectivity index (χ0v) is 12.3. The molecule has 3 N–H and O–H groups in total. The molecule has 0 saturated carbocycles. The Morgan fingerprint density at radius 1 is 1.35 bits per heavy atom. The van der Waals surface area contributed by atoms with Crippen molar-refractivity contribution in [2.24, 2.45) is 5.73 Å². The Balaban J connectivity index is 2.40. The number of benzene rings is 1. The summed E-state index contributed by atoms with van der Waals surface area (Å²) in [7, 11) is 1.70. The Bertz CT molecular complexity index is 474. The van der Waals surface area contributed by atoms with E-state index in [9.17, 15) is 9.59 Å². The summed E-state index contributed by atoms with van der Waals surface area (Å²) < 4.78 is 0. The number of hydrogen-bond donors (Lipinski definition) is 2. The molecular formula is C15H23N3O2. The minimum Gasteiger partial charge on any atom is -0.369 e. The topological polar surface area (TPSA) is 75.4 Å². The number of hydrogen-bond acceptors (Lipinski definition) is 3. The van der Waals surface area contributed by atoms with E-state index in [1.165, 1.54) is 11.1 Å². The van der Waals surface area contributed by atoms with Crippen molar-refractivity contribution in [2.75, 3.05) is 20.1 Å². The minimum absolute atomic E-state index is 0.0758. The van der Waals surface area contributed by atoms with Crippen molar-refractivity contribution in [3.05, 3.63) is 35.4 Å². The Kier molecular flexibility index (Phi) is 6.18. The normalized spacial score (nSPS) is 12.2. The van der Waals surface area contributed by atoms with Crippen LogP contribution in [0.3, 0.4) is 0 Å². The molecule has 0 aliphatic heterocycles. The van der Waals surface area contributed by atoms with E-state index in [1.54, 1.807) is 18.9 Å². The number of nitrogens with one attached hydrogen (secondary N) is 1. The smallest absolute Gasteiger partial charge is 0.237 e. The van der Waals surface area contributed by atoms with Crippen LogP contribution in [0.1, 0.15) is 18.1 Å². The van der Waals surface area contributed by atoms with Crippen LogP contribution in [0.2, 0.25) is 0 Å². The van der Waals surface area contributed by atoms with Gasteiger partial charge >= 0.3 is 0 Å². The highest BCUT2D eigenvalue weighted by Gasteiger charge is 2.18. The van der Waals surface area contributed by atoms with E-state index in [1.807, 2.05) is 12.1 Å². The summed E-state index contributed by atoms with van der Waals surface area (Å²) in [6.45, 7) is 4.47. The maximum absolute atomic E-state index is 11.9. The summed E-state index contributed by atoms with van der Waals surface area (Å²) in [5.41, 5.74) is 7.56. The molecule has 5 heteroatoms. The van der Waals surface area contributed by atoms with Crippen LogP contribution >= 0.6 is 0 Å². The van der Waals surface area contributed by atoms with Gasteiger partial charge in [0, 0.05) is 6.54 Å². The monoisotopic (exact) mass is 277 g/mol. The maximum Gasteiger partial charge on any atom is 0.237 e. The third-order valence-electron chi connectivity index (χ3n) is 3.40. The first-order valence-corrected chi connectivity index (χ1v) is 6.72. The van der Waals surface area contributed by atoms with Crippen molar-refractivity contribution in [1.29, 1.82) is 0 Å². The molecule has 1 rings (SSSR count). The Morgan fingerprint density at radius 2 is 2.00 bits per heavy atom. The van der Waals surface area contributed by atoms with Crippen LogP contribution in [0.25, 0.3) is 0 Å². The van der Waals surface area contributed by atoms with Crippen molar-refractivity contribution < 1.29 is 9.59 Å². The average molecular weight is 277 g/mol. The Morgan fingerprint density at radius 3 is 2.60 bits per heavy atom. The van der Waals surface area contributed by atoms with E-state index >= 15 is 0 Å². The van der Waals surface area contributed by atoms with Crippen LogP contribution in [0, 0.1) is 6.92 Å². The van der Waals surface area contributed by atoms with Gasteiger partial charge in [0.15, 0.2) is 0 Å². The molecule has 0 aromatic heterocycles. The van der Waals surface area contributed by atoms with Crippen LogP contribution < -0.4 is 11.1 Å². The van der Waals surface area contributed by atoms with E-state index in [4.69, 9.17) is 5.73 Å². The first-order valence-electron chi connectivity index (χ1n) is 6.72. The van der Waals surface area contributed by atoms with Gasteiger partial charge < -0.3 is 11.1 Å². The molecule has 1 aromatic carbocycles. The van der Waals surface area contributed by atoms with Gasteiger partial charge in [-0.1, -0.05) is 24.3 Å². The molecule has 0 radical (unpaired) electrons. The number of nitrogens with two attached hydrogens (primary N) is 1. The van der Waals surface area contributed by atoms with Gasteiger partial charge in [0.05, 0.1) is 12.6 Å². The molecular weight excluding hydrogens is 254 g/mol. The lowest BCUT2D eigenvalue weighted by molar-refractivity contribution is -0.126. The molecule has 0 aliphatic rings. The number of aryl methyl sites for hydroxylation is 1. The highest BCUT2D eigenvalue weighted by molar-refractivity contribution is 5.82. The molecule has 0 aliphatic carbocycles. The van der Waals surface area contributed by atoms with Crippen molar-refractivity contribution in [3.63, 3.8) is 0 Å². The Hall–Kier alpha value is -1.88. The Labute approximate surface area is 120 Å². The van der Waals surface area contributed by atoms with Crippen molar-refractivity contribution in [3.8, 4) is 0 Å². The molecule has 0 unspecified atom stereocenters. The SMILES string of the molecule is Cc1ccccc1CCNC(=O)[C@@H](C)N(C)CC(N)=O. The number of primary amides is 1. The van der Waals surface area contributed by atoms with E-state index in [2.05, 4.69) is 24.4 Å². The van der Waals surface area contributed by atoms with Crippen LogP contribution in [0.5, 0.6) is 0 Å². The molecule has 0 bridgehead atoms. The van der Waals surface area contributed by atoms with Gasteiger partial charge in [0.1, 0.15) is 0 Å². The second-order valence-corrected chi connectivity index (χ2v) is 5.02. The fourth-order valence-electron chi connectivity index (χ4n) is 1.94. The van der Waals surface area contributed by atoms with Crippen LogP contribution in [0.4, 0.5) is 0 Å². The van der Waals surface area contributed by atoms with E-state index in [0.29, 0.717) is 6.54 Å². The fourth-order valence-corrected chi connectivity index (χ4v) is 1.94. The first kappa shape index (κ1) is 16.2. The van der Waals surface area contributed by atoms with Crippen molar-refractivity contribution >= 4 is 11.8 Å². The minimum atomic E-state index is -0.438. The zero-order chi connectivity index (χ0) is 15.1. The van der Waals surface area contributed by atoms with Gasteiger partial charge in [-0.15, -0.1) is 0 Å². The van der Waals surface area contributed by atoms with Crippen LogP contribution in [-0.4, -0.2) is 42.9 Å². The van der Waals surface area contributed by atoms with Crippen LogP contribution in [-0.2, 0) is 16.0 Å². The third kappa shape index (κ3) is 5.01. The standard InChI is InChI=1S/C15H23N3O2/c1-11-6-4-5-7-13(11)8-9-17-15(20)12(2)18(3)10-14(16)19/h4-7,12H,8-10H2,1-3H3,(H2,16,19)(H,17,20)/t12-/m1/s1. The lowest BCUT2D eigenvalue weighted by Crippen LogP contribution is -2.46. The predicted octanol–water partition coefficient (Wildman–Crippen LogP) is 0.459. The van der Waals surface area contributed by atoms with E-state index in [-0.39, 0.29) is 18.5 Å². The second kappa shape index (κ2) is 7.65. The van der Waals surface area contributed by atoms with Crippen molar-refractivity contribution in [2.45, 2.75) is 26.3 Å². The number of amides is 2. The quantitative estimate of drug-likeness (QED) is 0.760. The highest BCUT2D eigenvalue weighted by Crippen LogP contribution is 2.06. The lowest BCUT2D eigenvalue weighted by Gasteiger charge is -2.22. The summed E-state index contributed by atoms with van der Waals surface area (Å²) in [5, 5.41) is 2.88. The van der Waals surface area contributed by atoms with Gasteiger partial charge in [0.2, 0.25) is 11.8 Å². The van der Waals surface area contributed by atoms with E-state index in [0.717, 1.165) is 6.42 Å². The van der Waals surface area contributed by atoms with Crippen LogP contribution in [0.15, 0.2) is 24.3 Å². The third-order valence-corrected chi connectivity index (χ3v) is 3.40. The second-order valence-electron chi connectivity index (χ2n) is 5.02. The largest absolute Gasteiger partial charge is 0.369 e. The number of likely N-dealkylation sites (N-methyl/N-ethyl adjacent to an activating group) is 1. The molecule has 2 amide bonds. The van der Waals surface area contributed by atoms with Gasteiger partial charge in [0.25, 0.3) is 0 Å². The van der Waals surface area contributed by atoms with Crippen molar-refractivity contribution in [1.82, 2.24) is 10.2 Å². The maximum atomic E-state index is 11.9. The molecule has 1 atom stereocenters. The summed E-state index contributed by atoms with van der Waals surface area (Å²) in [4.78, 5) is 24.4. The van der Waals surface area contributed by atoms with Gasteiger partial charge in [-0.05, 0) is 38.4 Å². The molecule has 0 spiro atoms. The number of carbonyl (C=O) groups excluding carboxylic acids is 2. The van der Waals surface area contributed by atoms with Gasteiger partial charge in [-0.2, -0.15) is 0 Å². The molecule has 0 fully saturated rings.